The SMILES string of the molecule is CCN1CCC[C@H]1CN(Cc1ccc(O)cc1)C(=O)c1ccn[nH]1. The van der Waals surface area contributed by atoms with E-state index in [1.807, 2.05) is 17.0 Å². The number of benzene rings is 1. The Bertz CT molecular complexity index is 654. The largest absolute Gasteiger partial charge is 0.508 e. The van der Waals surface area contributed by atoms with E-state index in [9.17, 15) is 9.90 Å². The zero-order chi connectivity index (χ0) is 16.9. The molecule has 1 aromatic heterocycles. The molecular weight excluding hydrogens is 304 g/mol. The molecule has 1 aliphatic heterocycles. The Morgan fingerprint density at radius 3 is 2.83 bits per heavy atom. The zero-order valence-electron chi connectivity index (χ0n) is 14.0. The molecule has 0 saturated carbocycles. The minimum absolute atomic E-state index is 0.0384. The van der Waals surface area contributed by atoms with Crippen molar-refractivity contribution in [1.29, 1.82) is 0 Å². The zero-order valence-corrected chi connectivity index (χ0v) is 14.0. The van der Waals surface area contributed by atoms with Crippen LogP contribution in [-0.4, -0.2) is 56.7 Å². The molecule has 1 saturated heterocycles. The average molecular weight is 328 g/mol. The van der Waals surface area contributed by atoms with Crippen LogP contribution in [0, 0.1) is 0 Å². The minimum Gasteiger partial charge on any atom is -0.508 e. The lowest BCUT2D eigenvalue weighted by Gasteiger charge is -2.30. The van der Waals surface area contributed by atoms with Gasteiger partial charge in [0.25, 0.3) is 5.91 Å². The summed E-state index contributed by atoms with van der Waals surface area (Å²) in [6.07, 6.45) is 3.90. The number of nitrogens with one attached hydrogen (secondary N) is 1. The molecule has 0 aliphatic carbocycles. The van der Waals surface area contributed by atoms with Crippen molar-refractivity contribution in [2.75, 3.05) is 19.6 Å². The Morgan fingerprint density at radius 1 is 1.38 bits per heavy atom. The Balaban J connectivity index is 1.77. The summed E-state index contributed by atoms with van der Waals surface area (Å²) in [7, 11) is 0. The molecule has 2 N–H and O–H groups in total. The highest BCUT2D eigenvalue weighted by Gasteiger charge is 2.28. The third kappa shape index (κ3) is 3.76. The van der Waals surface area contributed by atoms with Crippen LogP contribution < -0.4 is 0 Å². The van der Waals surface area contributed by atoms with Gasteiger partial charge >= 0.3 is 0 Å². The summed E-state index contributed by atoms with van der Waals surface area (Å²) in [5, 5.41) is 16.1. The number of rotatable bonds is 6. The second kappa shape index (κ2) is 7.49. The quantitative estimate of drug-likeness (QED) is 0.853. The first-order valence-electron chi connectivity index (χ1n) is 8.48. The molecule has 1 amide bonds. The lowest BCUT2D eigenvalue weighted by Crippen LogP contribution is -2.42. The van der Waals surface area contributed by atoms with Crippen LogP contribution in [0.4, 0.5) is 0 Å². The summed E-state index contributed by atoms with van der Waals surface area (Å²) in [6, 6.07) is 9.13. The Kier molecular flexibility index (Phi) is 5.15. The number of amides is 1. The van der Waals surface area contributed by atoms with Gasteiger partial charge in [-0.1, -0.05) is 19.1 Å². The van der Waals surface area contributed by atoms with E-state index in [1.54, 1.807) is 24.4 Å². The lowest BCUT2D eigenvalue weighted by molar-refractivity contribution is 0.0686. The molecule has 3 rings (SSSR count). The number of phenols is 1. The van der Waals surface area contributed by atoms with Crippen LogP contribution in [0.25, 0.3) is 0 Å². The molecule has 0 spiro atoms. The van der Waals surface area contributed by atoms with E-state index in [0.717, 1.165) is 25.1 Å². The maximum atomic E-state index is 12.8. The number of aromatic amines is 1. The molecule has 1 atom stereocenters. The fourth-order valence-corrected chi connectivity index (χ4v) is 3.36. The van der Waals surface area contributed by atoms with Gasteiger partial charge in [-0.3, -0.25) is 14.8 Å². The van der Waals surface area contributed by atoms with Crippen molar-refractivity contribution in [2.45, 2.75) is 32.4 Å². The Labute approximate surface area is 142 Å². The molecule has 1 fully saturated rings. The van der Waals surface area contributed by atoms with Crippen LogP contribution in [0.5, 0.6) is 5.75 Å². The lowest BCUT2D eigenvalue weighted by atomic mass is 10.1. The number of carbonyl (C=O) groups is 1. The summed E-state index contributed by atoms with van der Waals surface area (Å²) >= 11 is 0. The van der Waals surface area contributed by atoms with Gasteiger partial charge in [0.1, 0.15) is 11.4 Å². The topological polar surface area (TPSA) is 72.5 Å². The van der Waals surface area contributed by atoms with Gasteiger partial charge in [0.05, 0.1) is 0 Å². The van der Waals surface area contributed by atoms with Crippen molar-refractivity contribution >= 4 is 5.91 Å². The molecule has 1 aliphatic rings. The monoisotopic (exact) mass is 328 g/mol. The first kappa shape index (κ1) is 16.5. The molecule has 0 unspecified atom stereocenters. The maximum Gasteiger partial charge on any atom is 0.272 e. The molecule has 0 radical (unpaired) electrons. The summed E-state index contributed by atoms with van der Waals surface area (Å²) in [5.74, 6) is 0.196. The van der Waals surface area contributed by atoms with Crippen molar-refractivity contribution in [1.82, 2.24) is 20.0 Å². The Morgan fingerprint density at radius 2 is 2.17 bits per heavy atom. The molecular formula is C18H24N4O2. The predicted octanol–water partition coefficient (Wildman–Crippen LogP) is 2.24. The molecule has 1 aromatic carbocycles. The van der Waals surface area contributed by atoms with Crippen LogP contribution in [0.15, 0.2) is 36.5 Å². The number of aromatic hydroxyl groups is 1. The maximum absolute atomic E-state index is 12.8. The van der Waals surface area contributed by atoms with Gasteiger partial charge in [-0.15, -0.1) is 0 Å². The molecule has 6 nitrogen and oxygen atoms in total. The van der Waals surface area contributed by atoms with E-state index in [4.69, 9.17) is 0 Å². The van der Waals surface area contributed by atoms with Crippen molar-refractivity contribution in [2.24, 2.45) is 0 Å². The van der Waals surface area contributed by atoms with E-state index in [-0.39, 0.29) is 11.7 Å². The van der Waals surface area contributed by atoms with Gasteiger partial charge in [-0.05, 0) is 49.7 Å². The molecule has 128 valence electrons. The van der Waals surface area contributed by atoms with Crippen molar-refractivity contribution in [3.63, 3.8) is 0 Å². The fourth-order valence-electron chi connectivity index (χ4n) is 3.36. The average Bonchev–Trinajstić information content (AvgIpc) is 3.27. The number of likely N-dealkylation sites (N-methyl/N-ethyl adjacent to an activating group) is 1. The number of hydrogen-bond donors (Lipinski definition) is 2. The van der Waals surface area contributed by atoms with Gasteiger partial charge in [-0.25, -0.2) is 0 Å². The fraction of sp³-hybridized carbons (Fsp3) is 0.444. The first-order valence-corrected chi connectivity index (χ1v) is 8.48. The van der Waals surface area contributed by atoms with Crippen LogP contribution in [-0.2, 0) is 6.54 Å². The van der Waals surface area contributed by atoms with Crippen LogP contribution in [0.1, 0.15) is 35.8 Å². The second-order valence-electron chi connectivity index (χ2n) is 6.25. The highest BCUT2D eigenvalue weighted by atomic mass is 16.3. The van der Waals surface area contributed by atoms with E-state index in [0.29, 0.717) is 24.8 Å². The Hall–Kier alpha value is -2.34. The number of carbonyl (C=O) groups excluding carboxylic acids is 1. The van der Waals surface area contributed by atoms with Crippen LogP contribution in [0.3, 0.4) is 0 Å². The molecule has 2 aromatic rings. The van der Waals surface area contributed by atoms with Gasteiger partial charge in [0, 0.05) is 25.3 Å². The minimum atomic E-state index is -0.0384. The van der Waals surface area contributed by atoms with Gasteiger partial charge in [-0.2, -0.15) is 5.10 Å². The standard InChI is InChI=1S/C18H24N4O2/c1-2-21-11-3-4-15(21)13-22(18(24)17-9-10-19-20-17)12-14-5-7-16(23)8-6-14/h5-10,15,23H,2-4,11-13H2,1H3,(H,19,20)/t15-/m0/s1. The summed E-state index contributed by atoms with van der Waals surface area (Å²) in [6.45, 7) is 5.50. The van der Waals surface area contributed by atoms with Gasteiger partial charge < -0.3 is 10.0 Å². The summed E-state index contributed by atoms with van der Waals surface area (Å²) in [5.41, 5.74) is 1.51. The van der Waals surface area contributed by atoms with Crippen molar-refractivity contribution in [3.8, 4) is 5.75 Å². The van der Waals surface area contributed by atoms with Crippen molar-refractivity contribution in [3.05, 3.63) is 47.8 Å². The summed E-state index contributed by atoms with van der Waals surface area (Å²) < 4.78 is 0. The van der Waals surface area contributed by atoms with Crippen molar-refractivity contribution < 1.29 is 9.90 Å². The molecule has 6 heteroatoms. The van der Waals surface area contributed by atoms with Crippen LogP contribution in [0.2, 0.25) is 0 Å². The molecule has 24 heavy (non-hydrogen) atoms. The van der Waals surface area contributed by atoms with Gasteiger partial charge in [0.2, 0.25) is 0 Å². The smallest absolute Gasteiger partial charge is 0.272 e. The van der Waals surface area contributed by atoms with E-state index < -0.39 is 0 Å². The number of hydrogen-bond acceptors (Lipinski definition) is 4. The van der Waals surface area contributed by atoms with E-state index >= 15 is 0 Å². The molecule has 2 heterocycles. The van der Waals surface area contributed by atoms with Gasteiger partial charge in [0.15, 0.2) is 0 Å². The second-order valence-corrected chi connectivity index (χ2v) is 6.25. The number of nitrogens with zero attached hydrogens (tertiary/aromatic N) is 3. The summed E-state index contributed by atoms with van der Waals surface area (Å²) in [4.78, 5) is 17.2. The number of likely N-dealkylation sites (tertiary alicyclic amines) is 1. The number of aromatic nitrogens is 2. The number of phenolic OH excluding ortho intramolecular Hbond substituents is 1. The third-order valence-electron chi connectivity index (χ3n) is 4.66. The highest BCUT2D eigenvalue weighted by molar-refractivity contribution is 5.92. The third-order valence-corrected chi connectivity index (χ3v) is 4.66. The van der Waals surface area contributed by atoms with Crippen LogP contribution >= 0.6 is 0 Å². The normalized spacial score (nSPS) is 18.0. The van der Waals surface area contributed by atoms with E-state index in [1.165, 1.54) is 6.42 Å². The molecule has 0 bridgehead atoms. The highest BCUT2D eigenvalue weighted by Crippen LogP contribution is 2.20. The van der Waals surface area contributed by atoms with E-state index in [2.05, 4.69) is 22.0 Å². The number of H-pyrrole nitrogens is 1. The first-order chi connectivity index (χ1) is 11.7. The predicted molar refractivity (Wildman–Crippen MR) is 91.7 cm³/mol.